The van der Waals surface area contributed by atoms with Gasteiger partial charge in [0.2, 0.25) is 5.91 Å². The Hall–Kier alpha value is -2.01. The van der Waals surface area contributed by atoms with E-state index in [0.717, 1.165) is 18.7 Å². The van der Waals surface area contributed by atoms with Gasteiger partial charge in [0.15, 0.2) is 0 Å². The summed E-state index contributed by atoms with van der Waals surface area (Å²) in [7, 11) is -1.51. The number of hydrogen-bond donors (Lipinski definition) is 1. The highest BCUT2D eigenvalue weighted by Gasteiger charge is 2.34. The average Bonchev–Trinajstić information content (AvgIpc) is 2.69. The molecule has 0 aromatic heterocycles. The second-order valence-corrected chi connectivity index (χ2v) is 9.54. The van der Waals surface area contributed by atoms with Gasteiger partial charge in [0, 0.05) is 70.5 Å². The Labute approximate surface area is 172 Å². The van der Waals surface area contributed by atoms with Crippen LogP contribution in [0.2, 0.25) is 0 Å². The summed E-state index contributed by atoms with van der Waals surface area (Å²) in [6, 6.07) is 5.20. The normalized spacial score (nSPS) is 19.9. The highest BCUT2D eigenvalue weighted by molar-refractivity contribution is 7.86. The Morgan fingerprint density at radius 3 is 2.03 bits per heavy atom. The summed E-state index contributed by atoms with van der Waals surface area (Å²) < 4.78 is 28.7. The van der Waals surface area contributed by atoms with E-state index in [1.807, 2.05) is 14.0 Å². The number of aryl methyl sites for hydroxylation is 1. The fraction of sp³-hybridized carbons (Fsp3) is 0.579. The number of rotatable bonds is 4. The molecule has 0 spiro atoms. The number of piperazine rings is 2. The van der Waals surface area contributed by atoms with Gasteiger partial charge < -0.3 is 15.1 Å². The maximum atomic E-state index is 12.9. The summed E-state index contributed by atoms with van der Waals surface area (Å²) in [5.41, 5.74) is 1.97. The van der Waals surface area contributed by atoms with E-state index in [0.29, 0.717) is 37.4 Å². The summed E-state index contributed by atoms with van der Waals surface area (Å²) in [6.45, 7) is 6.97. The lowest BCUT2D eigenvalue weighted by Gasteiger charge is -2.39. The molecule has 2 saturated heterocycles. The molecule has 29 heavy (non-hydrogen) atoms. The van der Waals surface area contributed by atoms with Gasteiger partial charge in [-0.2, -0.15) is 17.0 Å². The van der Waals surface area contributed by atoms with Crippen molar-refractivity contribution >= 4 is 27.7 Å². The van der Waals surface area contributed by atoms with Crippen LogP contribution in [0, 0.1) is 6.92 Å². The van der Waals surface area contributed by atoms with Gasteiger partial charge in [-0.05, 0) is 31.7 Å². The zero-order valence-electron chi connectivity index (χ0n) is 17.2. The van der Waals surface area contributed by atoms with Crippen LogP contribution in [0.25, 0.3) is 0 Å². The highest BCUT2D eigenvalue weighted by atomic mass is 32.2. The van der Waals surface area contributed by atoms with Crippen molar-refractivity contribution in [3.63, 3.8) is 0 Å². The third kappa shape index (κ3) is 4.95. The number of nitrogens with one attached hydrogen (secondary N) is 1. The maximum Gasteiger partial charge on any atom is 0.282 e. The summed E-state index contributed by atoms with van der Waals surface area (Å²) in [5, 5.41) is 2.73. The van der Waals surface area contributed by atoms with Crippen molar-refractivity contribution in [2.24, 2.45) is 0 Å². The zero-order chi connectivity index (χ0) is 21.2. The van der Waals surface area contributed by atoms with Crippen LogP contribution >= 0.6 is 0 Å². The van der Waals surface area contributed by atoms with Gasteiger partial charge in [-0.3, -0.25) is 9.59 Å². The predicted molar refractivity (Wildman–Crippen MR) is 111 cm³/mol. The largest absolute Gasteiger partial charge is 0.336 e. The van der Waals surface area contributed by atoms with E-state index in [1.54, 1.807) is 23.1 Å². The van der Waals surface area contributed by atoms with Gasteiger partial charge in [0.25, 0.3) is 16.1 Å². The Bertz CT molecular complexity index is 873. The van der Waals surface area contributed by atoms with Crippen LogP contribution in [-0.2, 0) is 15.0 Å². The lowest BCUT2D eigenvalue weighted by Crippen LogP contribution is -2.57. The van der Waals surface area contributed by atoms with E-state index >= 15 is 0 Å². The van der Waals surface area contributed by atoms with Crippen LogP contribution in [-0.4, -0.2) is 98.0 Å². The van der Waals surface area contributed by atoms with E-state index in [2.05, 4.69) is 10.2 Å². The molecule has 2 amide bonds. The van der Waals surface area contributed by atoms with Gasteiger partial charge in [-0.1, -0.05) is 6.07 Å². The van der Waals surface area contributed by atoms with Crippen LogP contribution in [0.15, 0.2) is 18.2 Å². The second kappa shape index (κ2) is 8.78. The molecule has 2 heterocycles. The Morgan fingerprint density at radius 2 is 1.48 bits per heavy atom. The Morgan fingerprint density at radius 1 is 0.931 bits per heavy atom. The molecule has 2 fully saturated rings. The fourth-order valence-electron chi connectivity index (χ4n) is 3.57. The van der Waals surface area contributed by atoms with Crippen LogP contribution in [0.1, 0.15) is 22.8 Å². The molecule has 10 heteroatoms. The number of likely N-dealkylation sites (N-methyl/N-ethyl adjacent to an activating group) is 1. The first-order valence-electron chi connectivity index (χ1n) is 9.80. The summed E-state index contributed by atoms with van der Waals surface area (Å²) in [4.78, 5) is 28.0. The molecule has 3 rings (SSSR count). The van der Waals surface area contributed by atoms with E-state index in [9.17, 15) is 18.0 Å². The van der Waals surface area contributed by atoms with Crippen molar-refractivity contribution in [3.05, 3.63) is 29.3 Å². The molecule has 0 bridgehead atoms. The van der Waals surface area contributed by atoms with E-state index in [4.69, 9.17) is 0 Å². The molecule has 0 aliphatic carbocycles. The summed E-state index contributed by atoms with van der Waals surface area (Å²) >= 11 is 0. The molecular weight excluding hydrogens is 394 g/mol. The highest BCUT2D eigenvalue weighted by Crippen LogP contribution is 2.20. The van der Waals surface area contributed by atoms with Crippen molar-refractivity contribution in [1.82, 2.24) is 18.4 Å². The molecule has 0 radical (unpaired) electrons. The molecule has 9 nitrogen and oxygen atoms in total. The van der Waals surface area contributed by atoms with Crippen molar-refractivity contribution in [2.75, 3.05) is 64.7 Å². The third-order valence-corrected chi connectivity index (χ3v) is 7.47. The predicted octanol–water partition coefficient (Wildman–Crippen LogP) is 0.203. The van der Waals surface area contributed by atoms with Crippen LogP contribution in [0.4, 0.5) is 5.69 Å². The second-order valence-electron chi connectivity index (χ2n) is 7.61. The van der Waals surface area contributed by atoms with E-state index in [1.165, 1.54) is 15.5 Å². The molecule has 1 aromatic rings. The van der Waals surface area contributed by atoms with Gasteiger partial charge in [0.1, 0.15) is 0 Å². The number of hydrogen-bond acceptors (Lipinski definition) is 5. The minimum Gasteiger partial charge on any atom is -0.336 e. The van der Waals surface area contributed by atoms with Gasteiger partial charge >= 0.3 is 0 Å². The SMILES string of the molecule is CC(=O)Nc1cc(C(=O)N2CCN(S(=O)(=O)N3CCN(C)CC3)CC2)ccc1C. The standard InChI is InChI=1S/C19H29N5O4S/c1-15-4-5-17(14-18(15)20-16(2)25)19(26)22-8-12-24(13-9-22)29(27,28)23-10-6-21(3)7-11-23/h4-5,14H,6-13H2,1-3H3,(H,20,25). The van der Waals surface area contributed by atoms with Crippen LogP contribution in [0.3, 0.4) is 0 Å². The minimum atomic E-state index is -3.49. The molecule has 2 aliphatic rings. The van der Waals surface area contributed by atoms with Crippen molar-refractivity contribution < 1.29 is 18.0 Å². The molecule has 1 aromatic carbocycles. The number of amides is 2. The van der Waals surface area contributed by atoms with Crippen molar-refractivity contribution in [3.8, 4) is 0 Å². The lowest BCUT2D eigenvalue weighted by atomic mass is 10.1. The third-order valence-electron chi connectivity index (χ3n) is 5.44. The fourth-order valence-corrected chi connectivity index (χ4v) is 5.14. The number of nitrogens with zero attached hydrogens (tertiary/aromatic N) is 4. The smallest absolute Gasteiger partial charge is 0.282 e. The number of carbonyl (C=O) groups is 2. The lowest BCUT2D eigenvalue weighted by molar-refractivity contribution is -0.114. The molecule has 2 aliphatic heterocycles. The number of anilines is 1. The van der Waals surface area contributed by atoms with Crippen LogP contribution < -0.4 is 5.32 Å². The first kappa shape index (κ1) is 21.7. The molecule has 1 N–H and O–H groups in total. The maximum absolute atomic E-state index is 12.9. The topological polar surface area (TPSA) is 93.3 Å². The molecule has 160 valence electrons. The minimum absolute atomic E-state index is 0.159. The first-order chi connectivity index (χ1) is 13.7. The molecular formula is C19H29N5O4S. The monoisotopic (exact) mass is 423 g/mol. The van der Waals surface area contributed by atoms with Crippen molar-refractivity contribution in [2.45, 2.75) is 13.8 Å². The quantitative estimate of drug-likeness (QED) is 0.747. The van der Waals surface area contributed by atoms with E-state index in [-0.39, 0.29) is 24.9 Å². The van der Waals surface area contributed by atoms with Crippen LogP contribution in [0.5, 0.6) is 0 Å². The van der Waals surface area contributed by atoms with Gasteiger partial charge in [-0.15, -0.1) is 0 Å². The summed E-state index contributed by atoms with van der Waals surface area (Å²) in [5.74, 6) is -0.353. The number of carbonyl (C=O) groups excluding carboxylic acids is 2. The molecule has 0 saturated carbocycles. The zero-order valence-corrected chi connectivity index (χ0v) is 18.0. The van der Waals surface area contributed by atoms with Gasteiger partial charge in [0.05, 0.1) is 0 Å². The molecule has 0 unspecified atom stereocenters. The molecule has 0 atom stereocenters. The summed E-state index contributed by atoms with van der Waals surface area (Å²) in [6.07, 6.45) is 0. The number of benzene rings is 1. The average molecular weight is 424 g/mol. The first-order valence-corrected chi connectivity index (χ1v) is 11.2. The van der Waals surface area contributed by atoms with Crippen molar-refractivity contribution in [1.29, 1.82) is 0 Å². The van der Waals surface area contributed by atoms with Gasteiger partial charge in [-0.25, -0.2) is 0 Å². The van der Waals surface area contributed by atoms with E-state index < -0.39 is 10.2 Å². The Kier molecular flexibility index (Phi) is 6.57. The Balaban J connectivity index is 1.63.